The molecule has 1 atom stereocenters. The molecule has 0 aliphatic heterocycles. The van der Waals surface area contributed by atoms with Gasteiger partial charge < -0.3 is 0 Å². The van der Waals surface area contributed by atoms with E-state index < -0.39 is 0 Å². The largest absolute Gasteiger partial charge is 0.0653 e. The smallest absolute Gasteiger partial charge is 0.00919 e. The average molecular weight is 238 g/mol. The highest BCUT2D eigenvalue weighted by molar-refractivity contribution is 5.40. The van der Waals surface area contributed by atoms with Gasteiger partial charge >= 0.3 is 0 Å². The van der Waals surface area contributed by atoms with Gasteiger partial charge in [0.1, 0.15) is 0 Å². The van der Waals surface area contributed by atoms with Crippen LogP contribution < -0.4 is 0 Å². The first-order chi connectivity index (χ1) is 8.74. The van der Waals surface area contributed by atoms with E-state index in [2.05, 4.69) is 69.3 Å². The third-order valence-corrected chi connectivity index (χ3v) is 3.80. The fourth-order valence-corrected chi connectivity index (χ4v) is 2.63. The van der Waals surface area contributed by atoms with Crippen molar-refractivity contribution < 1.29 is 0 Å². The molecule has 2 aromatic carbocycles. The minimum atomic E-state index is 0.538. The van der Waals surface area contributed by atoms with Gasteiger partial charge in [-0.25, -0.2) is 0 Å². The molecule has 0 aromatic heterocycles. The topological polar surface area (TPSA) is 0 Å². The third-order valence-electron chi connectivity index (χ3n) is 3.80. The van der Waals surface area contributed by atoms with Crippen molar-refractivity contribution in [3.63, 3.8) is 0 Å². The summed E-state index contributed by atoms with van der Waals surface area (Å²) in [7, 11) is 0. The zero-order valence-corrected chi connectivity index (χ0v) is 11.6. The van der Waals surface area contributed by atoms with E-state index in [1.54, 1.807) is 0 Å². The fraction of sp³-hybridized carbons (Fsp3) is 0.333. The molecule has 0 saturated heterocycles. The highest BCUT2D eigenvalue weighted by atomic mass is 14.2. The quantitative estimate of drug-likeness (QED) is 0.683. The van der Waals surface area contributed by atoms with Crippen LogP contribution in [0.25, 0.3) is 0 Å². The Bertz CT molecular complexity index is 497. The lowest BCUT2D eigenvalue weighted by molar-refractivity contribution is 0.694. The summed E-state index contributed by atoms with van der Waals surface area (Å²) in [4.78, 5) is 0. The van der Waals surface area contributed by atoms with Crippen LogP contribution in [0, 0.1) is 13.8 Å². The summed E-state index contributed by atoms with van der Waals surface area (Å²) in [6.45, 7) is 6.71. The molecule has 0 heteroatoms. The SMILES string of the molecule is CCCC(c1ccccc1)c1cccc(C)c1C. The van der Waals surface area contributed by atoms with Gasteiger partial charge in [-0.1, -0.05) is 61.9 Å². The van der Waals surface area contributed by atoms with Gasteiger partial charge in [-0.2, -0.15) is 0 Å². The zero-order valence-electron chi connectivity index (χ0n) is 11.6. The second-order valence-electron chi connectivity index (χ2n) is 5.04. The lowest BCUT2D eigenvalue weighted by atomic mass is 9.84. The molecule has 0 aliphatic carbocycles. The standard InChI is InChI=1S/C18H22/c1-4-9-18(16-11-6-5-7-12-16)17-13-8-10-14(2)15(17)3/h5-8,10-13,18H,4,9H2,1-3H3. The van der Waals surface area contributed by atoms with Crippen molar-refractivity contribution in [1.82, 2.24) is 0 Å². The molecule has 0 spiro atoms. The number of hydrogen-bond acceptors (Lipinski definition) is 0. The van der Waals surface area contributed by atoms with Gasteiger partial charge in [-0.05, 0) is 42.5 Å². The Hall–Kier alpha value is -1.56. The van der Waals surface area contributed by atoms with Crippen LogP contribution in [0.5, 0.6) is 0 Å². The van der Waals surface area contributed by atoms with Crippen molar-refractivity contribution in [2.24, 2.45) is 0 Å². The lowest BCUT2D eigenvalue weighted by Gasteiger charge is -2.20. The van der Waals surface area contributed by atoms with E-state index >= 15 is 0 Å². The Labute approximate surface area is 111 Å². The van der Waals surface area contributed by atoms with Gasteiger partial charge in [0.15, 0.2) is 0 Å². The molecule has 0 bridgehead atoms. The summed E-state index contributed by atoms with van der Waals surface area (Å²) >= 11 is 0. The summed E-state index contributed by atoms with van der Waals surface area (Å²) in [5, 5.41) is 0. The van der Waals surface area contributed by atoms with Crippen LogP contribution in [0.4, 0.5) is 0 Å². The summed E-state index contributed by atoms with van der Waals surface area (Å²) in [6.07, 6.45) is 2.43. The van der Waals surface area contributed by atoms with E-state index in [0.29, 0.717) is 5.92 Å². The fourth-order valence-electron chi connectivity index (χ4n) is 2.63. The van der Waals surface area contributed by atoms with Crippen molar-refractivity contribution >= 4 is 0 Å². The van der Waals surface area contributed by atoms with Gasteiger partial charge in [0.25, 0.3) is 0 Å². The summed E-state index contributed by atoms with van der Waals surface area (Å²) < 4.78 is 0. The van der Waals surface area contributed by atoms with Crippen molar-refractivity contribution in [3.8, 4) is 0 Å². The van der Waals surface area contributed by atoms with Crippen LogP contribution in [0.15, 0.2) is 48.5 Å². The molecule has 1 unspecified atom stereocenters. The van der Waals surface area contributed by atoms with E-state index in [1.165, 1.54) is 35.1 Å². The first-order valence-electron chi connectivity index (χ1n) is 6.85. The van der Waals surface area contributed by atoms with Crippen LogP contribution >= 0.6 is 0 Å². The number of aryl methyl sites for hydroxylation is 1. The second-order valence-corrected chi connectivity index (χ2v) is 5.04. The van der Waals surface area contributed by atoms with Crippen LogP contribution in [-0.4, -0.2) is 0 Å². The molecule has 0 saturated carbocycles. The average Bonchev–Trinajstić information content (AvgIpc) is 2.41. The van der Waals surface area contributed by atoms with E-state index in [9.17, 15) is 0 Å². The number of hydrogen-bond donors (Lipinski definition) is 0. The highest BCUT2D eigenvalue weighted by Crippen LogP contribution is 2.32. The Morgan fingerprint density at radius 2 is 1.61 bits per heavy atom. The van der Waals surface area contributed by atoms with Gasteiger partial charge in [0.2, 0.25) is 0 Å². The summed E-state index contributed by atoms with van der Waals surface area (Å²) in [6, 6.07) is 17.6. The van der Waals surface area contributed by atoms with Crippen LogP contribution in [0.1, 0.15) is 47.9 Å². The molecule has 0 amide bonds. The zero-order chi connectivity index (χ0) is 13.0. The predicted molar refractivity (Wildman–Crippen MR) is 79.1 cm³/mol. The highest BCUT2D eigenvalue weighted by Gasteiger charge is 2.15. The first kappa shape index (κ1) is 12.9. The molecule has 0 nitrogen and oxygen atoms in total. The lowest BCUT2D eigenvalue weighted by Crippen LogP contribution is -2.04. The van der Waals surface area contributed by atoms with Crippen molar-refractivity contribution in [2.75, 3.05) is 0 Å². The monoisotopic (exact) mass is 238 g/mol. The number of benzene rings is 2. The van der Waals surface area contributed by atoms with Crippen molar-refractivity contribution in [2.45, 2.75) is 39.5 Å². The molecule has 0 aliphatic rings. The van der Waals surface area contributed by atoms with E-state index in [1.807, 2.05) is 0 Å². The summed E-state index contributed by atoms with van der Waals surface area (Å²) in [5.74, 6) is 0.538. The van der Waals surface area contributed by atoms with Crippen LogP contribution in [0.3, 0.4) is 0 Å². The van der Waals surface area contributed by atoms with Gasteiger partial charge in [-0.15, -0.1) is 0 Å². The molecule has 2 aromatic rings. The van der Waals surface area contributed by atoms with E-state index in [0.717, 1.165) is 0 Å². The molecule has 0 N–H and O–H groups in total. The van der Waals surface area contributed by atoms with Crippen LogP contribution in [0.2, 0.25) is 0 Å². The Kier molecular flexibility index (Phi) is 4.19. The third kappa shape index (κ3) is 2.64. The van der Waals surface area contributed by atoms with Gasteiger partial charge in [0, 0.05) is 5.92 Å². The second kappa shape index (κ2) is 5.86. The maximum Gasteiger partial charge on any atom is 0.00919 e. The molecular weight excluding hydrogens is 216 g/mol. The van der Waals surface area contributed by atoms with Crippen molar-refractivity contribution in [1.29, 1.82) is 0 Å². The predicted octanol–water partition coefficient (Wildman–Crippen LogP) is 5.24. The van der Waals surface area contributed by atoms with Crippen LogP contribution in [-0.2, 0) is 0 Å². The molecule has 0 fully saturated rings. The van der Waals surface area contributed by atoms with E-state index in [-0.39, 0.29) is 0 Å². The molecule has 0 radical (unpaired) electrons. The molecular formula is C18H22. The summed E-state index contributed by atoms with van der Waals surface area (Å²) in [5.41, 5.74) is 5.76. The number of rotatable bonds is 4. The molecule has 2 rings (SSSR count). The maximum atomic E-state index is 2.29. The molecule has 0 heterocycles. The van der Waals surface area contributed by atoms with Crippen molar-refractivity contribution in [3.05, 3.63) is 70.8 Å². The molecule has 94 valence electrons. The molecule has 18 heavy (non-hydrogen) atoms. The Morgan fingerprint density at radius 1 is 0.889 bits per heavy atom. The van der Waals surface area contributed by atoms with Gasteiger partial charge in [-0.3, -0.25) is 0 Å². The van der Waals surface area contributed by atoms with Gasteiger partial charge in [0.05, 0.1) is 0 Å². The Balaban J connectivity index is 2.45. The normalized spacial score (nSPS) is 12.4. The first-order valence-corrected chi connectivity index (χ1v) is 6.85. The minimum absolute atomic E-state index is 0.538. The maximum absolute atomic E-state index is 2.29. The minimum Gasteiger partial charge on any atom is -0.0653 e. The van der Waals surface area contributed by atoms with E-state index in [4.69, 9.17) is 0 Å². The Morgan fingerprint density at radius 3 is 2.28 bits per heavy atom.